The molecule has 0 unspecified atom stereocenters. The van der Waals surface area contributed by atoms with Crippen LogP contribution in [0.15, 0.2) is 34.1 Å². The van der Waals surface area contributed by atoms with Gasteiger partial charge in [0.15, 0.2) is 0 Å². The lowest BCUT2D eigenvalue weighted by molar-refractivity contribution is 0.270. The van der Waals surface area contributed by atoms with E-state index in [1.165, 1.54) is 28.6 Å². The van der Waals surface area contributed by atoms with Crippen molar-refractivity contribution in [2.75, 3.05) is 26.7 Å². The highest BCUT2D eigenvalue weighted by molar-refractivity contribution is 7.90. The smallest absolute Gasteiger partial charge is 0.243 e. The highest BCUT2D eigenvalue weighted by Gasteiger charge is 2.31. The van der Waals surface area contributed by atoms with Gasteiger partial charge in [-0.05, 0) is 63.4 Å². The number of halogens is 1. The Labute approximate surface area is 162 Å². The second kappa shape index (κ2) is 8.53. The minimum Gasteiger partial charge on any atom is -0.319 e. The molecule has 2 aliphatic rings. The molecular formula is C16H26ClN3O4S2. The average Bonchev–Trinajstić information content (AvgIpc) is 3.39. The molecule has 3 rings (SSSR count). The SMILES string of the molecule is CNCC1CCN(S(=O)(=O)c2cccc(S(=O)(=O)NC3CC3)c2)CC1.Cl. The summed E-state index contributed by atoms with van der Waals surface area (Å²) in [4.78, 5) is 0.0452. The molecule has 0 bridgehead atoms. The van der Waals surface area contributed by atoms with Crippen LogP contribution in [-0.2, 0) is 20.0 Å². The second-order valence-electron chi connectivity index (χ2n) is 6.78. The molecule has 1 aliphatic heterocycles. The van der Waals surface area contributed by atoms with Gasteiger partial charge < -0.3 is 5.32 Å². The number of hydrogen-bond donors (Lipinski definition) is 2. The van der Waals surface area contributed by atoms with Gasteiger partial charge >= 0.3 is 0 Å². The molecule has 1 aliphatic carbocycles. The van der Waals surface area contributed by atoms with E-state index in [4.69, 9.17) is 0 Å². The van der Waals surface area contributed by atoms with Crippen molar-refractivity contribution in [2.45, 2.75) is 41.5 Å². The fourth-order valence-corrected chi connectivity index (χ4v) is 6.02. The van der Waals surface area contributed by atoms with Crippen molar-refractivity contribution in [3.8, 4) is 0 Å². The standard InChI is InChI=1S/C16H25N3O4S2.ClH/c1-17-12-13-7-9-19(10-8-13)25(22,23)16-4-2-3-15(11-16)24(20,21)18-14-5-6-14;/h2-4,11,13-14,17-18H,5-10,12H2,1H3;1H. The lowest BCUT2D eigenvalue weighted by atomic mass is 9.98. The Morgan fingerprint density at radius 2 is 1.65 bits per heavy atom. The molecule has 0 radical (unpaired) electrons. The third-order valence-corrected chi connectivity index (χ3v) is 8.13. The van der Waals surface area contributed by atoms with Gasteiger partial charge in [-0.1, -0.05) is 6.07 Å². The molecule has 1 aromatic rings. The lowest BCUT2D eigenvalue weighted by Gasteiger charge is -2.31. The maximum atomic E-state index is 12.9. The van der Waals surface area contributed by atoms with E-state index in [2.05, 4.69) is 10.0 Å². The second-order valence-corrected chi connectivity index (χ2v) is 10.4. The fraction of sp³-hybridized carbons (Fsp3) is 0.625. The molecule has 0 spiro atoms. The van der Waals surface area contributed by atoms with Crippen molar-refractivity contribution in [1.82, 2.24) is 14.3 Å². The van der Waals surface area contributed by atoms with Crippen molar-refractivity contribution in [2.24, 2.45) is 5.92 Å². The largest absolute Gasteiger partial charge is 0.319 e. The van der Waals surface area contributed by atoms with E-state index in [-0.39, 0.29) is 28.2 Å². The highest BCUT2D eigenvalue weighted by atomic mass is 35.5. The van der Waals surface area contributed by atoms with Crippen molar-refractivity contribution >= 4 is 32.5 Å². The Morgan fingerprint density at radius 1 is 1.04 bits per heavy atom. The molecule has 0 atom stereocenters. The summed E-state index contributed by atoms with van der Waals surface area (Å²) >= 11 is 0. The number of nitrogens with zero attached hydrogens (tertiary/aromatic N) is 1. The van der Waals surface area contributed by atoms with Crippen molar-refractivity contribution in [3.63, 3.8) is 0 Å². The summed E-state index contributed by atoms with van der Waals surface area (Å²) in [7, 11) is -5.45. The quantitative estimate of drug-likeness (QED) is 0.686. The number of sulfonamides is 2. The third-order valence-electron chi connectivity index (χ3n) is 4.72. The molecule has 0 aromatic heterocycles. The monoisotopic (exact) mass is 423 g/mol. The van der Waals surface area contributed by atoms with Crippen LogP contribution in [0.1, 0.15) is 25.7 Å². The van der Waals surface area contributed by atoms with Crippen LogP contribution in [0.4, 0.5) is 0 Å². The van der Waals surface area contributed by atoms with Crippen LogP contribution < -0.4 is 10.0 Å². The van der Waals surface area contributed by atoms with E-state index < -0.39 is 20.0 Å². The van der Waals surface area contributed by atoms with Crippen LogP contribution in [0.3, 0.4) is 0 Å². The Hall–Kier alpha value is -0.710. The van der Waals surface area contributed by atoms with E-state index in [0.29, 0.717) is 19.0 Å². The number of rotatable bonds is 7. The van der Waals surface area contributed by atoms with Crippen molar-refractivity contribution in [1.29, 1.82) is 0 Å². The number of benzene rings is 1. The van der Waals surface area contributed by atoms with E-state index >= 15 is 0 Å². The van der Waals surface area contributed by atoms with Crippen molar-refractivity contribution < 1.29 is 16.8 Å². The van der Waals surface area contributed by atoms with Crippen LogP contribution >= 0.6 is 12.4 Å². The van der Waals surface area contributed by atoms with Crippen LogP contribution in [0.2, 0.25) is 0 Å². The summed E-state index contributed by atoms with van der Waals surface area (Å²) in [5, 5.41) is 3.13. The minimum atomic E-state index is -3.68. The maximum absolute atomic E-state index is 12.9. The molecule has 1 saturated carbocycles. The zero-order chi connectivity index (χ0) is 18.1. The van der Waals surface area contributed by atoms with Gasteiger partial charge in [0.2, 0.25) is 20.0 Å². The first kappa shape index (κ1) is 21.6. The predicted molar refractivity (Wildman–Crippen MR) is 102 cm³/mol. The van der Waals surface area contributed by atoms with E-state index in [1.807, 2.05) is 7.05 Å². The van der Waals surface area contributed by atoms with Crippen LogP contribution in [0.5, 0.6) is 0 Å². The zero-order valence-corrected chi connectivity index (χ0v) is 17.2. The molecular weight excluding hydrogens is 398 g/mol. The Bertz CT molecular complexity index is 818. The molecule has 0 amide bonds. The number of piperidine rings is 1. The molecule has 1 heterocycles. The molecule has 26 heavy (non-hydrogen) atoms. The first-order chi connectivity index (χ1) is 11.8. The summed E-state index contributed by atoms with van der Waals surface area (Å²) < 4.78 is 54.4. The lowest BCUT2D eigenvalue weighted by Crippen LogP contribution is -2.40. The van der Waals surface area contributed by atoms with Gasteiger partial charge in [0, 0.05) is 19.1 Å². The normalized spacial score (nSPS) is 19.9. The maximum Gasteiger partial charge on any atom is 0.243 e. The number of hydrogen-bond acceptors (Lipinski definition) is 5. The molecule has 7 nitrogen and oxygen atoms in total. The summed E-state index contributed by atoms with van der Waals surface area (Å²) in [5.41, 5.74) is 0. The minimum absolute atomic E-state index is 0. The molecule has 10 heteroatoms. The fourth-order valence-electron chi connectivity index (χ4n) is 3.08. The summed E-state index contributed by atoms with van der Waals surface area (Å²) in [6.07, 6.45) is 3.28. The molecule has 148 valence electrons. The van der Waals surface area contributed by atoms with Crippen molar-refractivity contribution in [3.05, 3.63) is 24.3 Å². The Balaban J connectivity index is 0.00000243. The van der Waals surface area contributed by atoms with Gasteiger partial charge in [0.05, 0.1) is 9.79 Å². The topological polar surface area (TPSA) is 95.6 Å². The van der Waals surface area contributed by atoms with Gasteiger partial charge in [0.25, 0.3) is 0 Å². The van der Waals surface area contributed by atoms with Gasteiger partial charge in [-0.2, -0.15) is 4.31 Å². The molecule has 2 N–H and O–H groups in total. The first-order valence-corrected chi connectivity index (χ1v) is 11.5. The molecule has 1 aromatic carbocycles. The highest BCUT2D eigenvalue weighted by Crippen LogP contribution is 2.26. The van der Waals surface area contributed by atoms with Gasteiger partial charge in [0.1, 0.15) is 0 Å². The average molecular weight is 424 g/mol. The van der Waals surface area contributed by atoms with Gasteiger partial charge in [-0.15, -0.1) is 12.4 Å². The summed E-state index contributed by atoms with van der Waals surface area (Å²) in [6.45, 7) is 1.81. The first-order valence-electron chi connectivity index (χ1n) is 8.60. The Morgan fingerprint density at radius 3 is 2.23 bits per heavy atom. The molecule has 1 saturated heterocycles. The van der Waals surface area contributed by atoms with E-state index in [9.17, 15) is 16.8 Å². The number of nitrogens with one attached hydrogen (secondary N) is 2. The predicted octanol–water partition coefficient (Wildman–Crippen LogP) is 1.17. The van der Waals surface area contributed by atoms with Gasteiger partial charge in [-0.25, -0.2) is 21.6 Å². The van der Waals surface area contributed by atoms with Crippen LogP contribution in [0.25, 0.3) is 0 Å². The summed E-state index contributed by atoms with van der Waals surface area (Å²) in [5.74, 6) is 0.478. The van der Waals surface area contributed by atoms with Crippen LogP contribution in [0, 0.1) is 5.92 Å². The third kappa shape index (κ3) is 4.96. The molecule has 2 fully saturated rings. The summed E-state index contributed by atoms with van der Waals surface area (Å²) in [6, 6.07) is 5.63. The van der Waals surface area contributed by atoms with E-state index in [1.54, 1.807) is 0 Å². The zero-order valence-electron chi connectivity index (χ0n) is 14.7. The van der Waals surface area contributed by atoms with E-state index in [0.717, 1.165) is 32.2 Å². The van der Waals surface area contributed by atoms with Crippen LogP contribution in [-0.4, -0.2) is 53.9 Å². The van der Waals surface area contributed by atoms with Gasteiger partial charge in [-0.3, -0.25) is 0 Å². The Kier molecular flexibility index (Phi) is 7.09.